The molecular formula is C24H28FN3O4S2. The van der Waals surface area contributed by atoms with Crippen molar-refractivity contribution in [3.05, 3.63) is 58.6 Å². The van der Waals surface area contributed by atoms with Gasteiger partial charge in [-0.3, -0.25) is 4.79 Å². The molecule has 7 nitrogen and oxygen atoms in total. The zero-order valence-electron chi connectivity index (χ0n) is 19.4. The highest BCUT2D eigenvalue weighted by Crippen LogP contribution is 2.27. The summed E-state index contributed by atoms with van der Waals surface area (Å²) in [6.45, 7) is 5.97. The third-order valence-corrected chi connectivity index (χ3v) is 8.82. The molecule has 34 heavy (non-hydrogen) atoms. The van der Waals surface area contributed by atoms with Gasteiger partial charge in [-0.15, -0.1) is 0 Å². The van der Waals surface area contributed by atoms with Crippen LogP contribution in [0.1, 0.15) is 30.6 Å². The van der Waals surface area contributed by atoms with Crippen LogP contribution in [-0.4, -0.2) is 50.0 Å². The summed E-state index contributed by atoms with van der Waals surface area (Å²) in [7, 11) is -2.05. The van der Waals surface area contributed by atoms with E-state index in [0.717, 1.165) is 11.9 Å². The van der Waals surface area contributed by atoms with Crippen LogP contribution in [0.25, 0.3) is 10.2 Å². The first kappa shape index (κ1) is 24.7. The number of carbonyl (C=O) groups is 1. The normalized spacial score (nSPS) is 20.2. The molecule has 10 heteroatoms. The minimum atomic E-state index is -3.63. The van der Waals surface area contributed by atoms with Crippen molar-refractivity contribution in [1.82, 2.24) is 8.87 Å². The van der Waals surface area contributed by atoms with Crippen LogP contribution in [0.3, 0.4) is 0 Å². The molecule has 0 bridgehead atoms. The summed E-state index contributed by atoms with van der Waals surface area (Å²) in [5.74, 6) is -0.252. The zero-order chi connectivity index (χ0) is 24.5. The molecule has 2 heterocycles. The largest absolute Gasteiger partial charge is 0.383 e. The number of halogens is 1. The fraction of sp³-hybridized carbons (Fsp3) is 0.417. The smallest absolute Gasteiger partial charge is 0.279 e. The van der Waals surface area contributed by atoms with Crippen LogP contribution in [0.2, 0.25) is 0 Å². The van der Waals surface area contributed by atoms with Crippen LogP contribution in [0, 0.1) is 17.7 Å². The van der Waals surface area contributed by atoms with Gasteiger partial charge in [-0.2, -0.15) is 9.30 Å². The van der Waals surface area contributed by atoms with Gasteiger partial charge in [-0.1, -0.05) is 25.2 Å². The molecule has 0 aliphatic carbocycles. The molecule has 0 saturated carbocycles. The molecule has 1 amide bonds. The summed E-state index contributed by atoms with van der Waals surface area (Å²) >= 11 is 1.22. The van der Waals surface area contributed by atoms with Crippen molar-refractivity contribution in [2.24, 2.45) is 16.8 Å². The Labute approximate surface area is 202 Å². The van der Waals surface area contributed by atoms with E-state index in [0.29, 0.717) is 47.6 Å². The van der Waals surface area contributed by atoms with Crippen LogP contribution in [0.15, 0.2) is 52.4 Å². The van der Waals surface area contributed by atoms with Gasteiger partial charge in [0.05, 0.1) is 21.7 Å². The number of hydrogen-bond acceptors (Lipinski definition) is 5. The number of nitrogens with zero attached hydrogens (tertiary/aromatic N) is 3. The van der Waals surface area contributed by atoms with Gasteiger partial charge in [0.25, 0.3) is 5.91 Å². The molecule has 2 atom stereocenters. The molecule has 0 N–H and O–H groups in total. The predicted octanol–water partition coefficient (Wildman–Crippen LogP) is 3.90. The Bertz CT molecular complexity index is 1350. The molecule has 4 rings (SSSR count). The number of amides is 1. The monoisotopic (exact) mass is 505 g/mol. The molecule has 2 aromatic carbocycles. The highest BCUT2D eigenvalue weighted by Gasteiger charge is 2.31. The average Bonchev–Trinajstić information content (AvgIpc) is 3.12. The number of methoxy groups -OCH3 is 1. The van der Waals surface area contributed by atoms with E-state index in [4.69, 9.17) is 4.74 Å². The van der Waals surface area contributed by atoms with E-state index in [9.17, 15) is 17.6 Å². The van der Waals surface area contributed by atoms with E-state index in [2.05, 4.69) is 18.8 Å². The van der Waals surface area contributed by atoms with Crippen LogP contribution in [0.4, 0.5) is 4.39 Å². The van der Waals surface area contributed by atoms with E-state index >= 15 is 0 Å². The van der Waals surface area contributed by atoms with Crippen LogP contribution in [0.5, 0.6) is 0 Å². The summed E-state index contributed by atoms with van der Waals surface area (Å²) in [5, 5.41) is 0. The van der Waals surface area contributed by atoms with Crippen molar-refractivity contribution in [2.75, 3.05) is 26.8 Å². The van der Waals surface area contributed by atoms with Crippen molar-refractivity contribution < 1.29 is 22.3 Å². The van der Waals surface area contributed by atoms with E-state index < -0.39 is 15.9 Å². The average molecular weight is 506 g/mol. The Morgan fingerprint density at radius 2 is 1.82 bits per heavy atom. The van der Waals surface area contributed by atoms with Gasteiger partial charge in [0.1, 0.15) is 5.82 Å². The Morgan fingerprint density at radius 3 is 2.47 bits per heavy atom. The molecule has 2 unspecified atom stereocenters. The van der Waals surface area contributed by atoms with Crippen molar-refractivity contribution >= 4 is 37.5 Å². The number of hydrogen-bond donors (Lipinski definition) is 0. The topological polar surface area (TPSA) is 81.0 Å². The number of aromatic nitrogens is 1. The Kier molecular flexibility index (Phi) is 7.32. The number of ether oxygens (including phenoxy) is 1. The fourth-order valence-electron chi connectivity index (χ4n) is 4.40. The van der Waals surface area contributed by atoms with E-state index in [1.165, 1.54) is 52.0 Å². The molecule has 1 aromatic heterocycles. The van der Waals surface area contributed by atoms with Crippen LogP contribution in [-0.2, 0) is 21.3 Å². The first-order valence-corrected chi connectivity index (χ1v) is 13.4. The lowest BCUT2D eigenvalue weighted by atomic mass is 9.94. The first-order chi connectivity index (χ1) is 16.2. The lowest BCUT2D eigenvalue weighted by molar-refractivity contribution is 0.0997. The lowest BCUT2D eigenvalue weighted by Gasteiger charge is -2.34. The maximum atomic E-state index is 13.7. The number of sulfonamides is 1. The maximum Gasteiger partial charge on any atom is 0.279 e. The van der Waals surface area contributed by atoms with E-state index in [-0.39, 0.29) is 16.3 Å². The number of thiazole rings is 1. The van der Waals surface area contributed by atoms with Gasteiger partial charge in [0.15, 0.2) is 4.80 Å². The van der Waals surface area contributed by atoms with Crippen LogP contribution >= 0.6 is 11.3 Å². The number of fused-ring (bicyclic) bond motifs is 1. The van der Waals surface area contributed by atoms with Crippen molar-refractivity contribution in [3.8, 4) is 0 Å². The minimum absolute atomic E-state index is 0.165. The highest BCUT2D eigenvalue weighted by atomic mass is 32.2. The molecular weight excluding hydrogens is 477 g/mol. The first-order valence-electron chi connectivity index (χ1n) is 11.2. The summed E-state index contributed by atoms with van der Waals surface area (Å²) in [4.78, 5) is 17.7. The molecule has 0 radical (unpaired) electrons. The molecule has 1 fully saturated rings. The number of rotatable bonds is 6. The number of piperidine rings is 1. The van der Waals surface area contributed by atoms with Crippen molar-refractivity contribution in [1.29, 1.82) is 0 Å². The van der Waals surface area contributed by atoms with Gasteiger partial charge < -0.3 is 9.30 Å². The number of carbonyl (C=O) groups excluding carboxylic acids is 1. The number of benzene rings is 2. The highest BCUT2D eigenvalue weighted by molar-refractivity contribution is 7.89. The van der Waals surface area contributed by atoms with E-state index in [1.807, 2.05) is 4.57 Å². The minimum Gasteiger partial charge on any atom is -0.383 e. The third kappa shape index (κ3) is 5.14. The van der Waals surface area contributed by atoms with Crippen molar-refractivity contribution in [2.45, 2.75) is 31.7 Å². The van der Waals surface area contributed by atoms with Gasteiger partial charge in [0, 0.05) is 32.3 Å². The Morgan fingerprint density at radius 1 is 1.15 bits per heavy atom. The lowest BCUT2D eigenvalue weighted by Crippen LogP contribution is -2.42. The van der Waals surface area contributed by atoms with Crippen molar-refractivity contribution in [3.63, 3.8) is 0 Å². The quantitative estimate of drug-likeness (QED) is 0.509. The third-order valence-electron chi connectivity index (χ3n) is 5.94. The standard InChI is InChI=1S/C24H28FN3O4S2/c1-16-12-17(2)15-27(14-16)34(30,31)20-7-4-18(5-8-20)23(29)26-24-28(10-11-32-3)21-9-6-19(25)13-22(21)33-24/h4-9,13,16-17H,10-12,14-15H2,1-3H3. The molecule has 182 valence electrons. The second-order valence-electron chi connectivity index (χ2n) is 8.85. The van der Waals surface area contributed by atoms with Crippen LogP contribution < -0.4 is 4.80 Å². The molecule has 0 spiro atoms. The molecule has 1 aliphatic heterocycles. The van der Waals surface area contributed by atoms with Gasteiger partial charge in [-0.25, -0.2) is 12.8 Å². The zero-order valence-corrected chi connectivity index (χ0v) is 21.0. The summed E-state index contributed by atoms with van der Waals surface area (Å²) in [5.41, 5.74) is 1.04. The van der Waals surface area contributed by atoms with E-state index in [1.54, 1.807) is 13.2 Å². The fourth-order valence-corrected chi connectivity index (χ4v) is 7.16. The second-order valence-corrected chi connectivity index (χ2v) is 11.8. The summed E-state index contributed by atoms with van der Waals surface area (Å²) < 4.78 is 49.1. The Hall–Kier alpha value is -2.40. The molecule has 1 saturated heterocycles. The predicted molar refractivity (Wildman–Crippen MR) is 130 cm³/mol. The van der Waals surface area contributed by atoms with Gasteiger partial charge in [0.2, 0.25) is 10.0 Å². The summed E-state index contributed by atoms with van der Waals surface area (Å²) in [6, 6.07) is 10.3. The summed E-state index contributed by atoms with van der Waals surface area (Å²) in [6.07, 6.45) is 1.01. The maximum absolute atomic E-state index is 13.7. The molecule has 3 aromatic rings. The SMILES string of the molecule is COCCn1c(=NC(=O)c2ccc(S(=O)(=O)N3CC(C)CC(C)C3)cc2)sc2cc(F)ccc21. The van der Waals surface area contributed by atoms with Gasteiger partial charge >= 0.3 is 0 Å². The second kappa shape index (κ2) is 10.1. The van der Waals surface area contributed by atoms with Gasteiger partial charge in [-0.05, 0) is 60.7 Å². The Balaban J connectivity index is 1.63. The molecule has 1 aliphatic rings.